The number of carboxylic acid groups (broad SMARTS) is 1. The van der Waals surface area contributed by atoms with Crippen molar-refractivity contribution in [3.63, 3.8) is 0 Å². The van der Waals surface area contributed by atoms with E-state index < -0.39 is 11.4 Å². The van der Waals surface area contributed by atoms with Crippen LogP contribution in [0.3, 0.4) is 0 Å². The summed E-state index contributed by atoms with van der Waals surface area (Å²) in [7, 11) is 0. The molecule has 1 aromatic heterocycles. The second-order valence-corrected chi connectivity index (χ2v) is 6.30. The van der Waals surface area contributed by atoms with Gasteiger partial charge in [0.05, 0.1) is 17.1 Å². The molecule has 106 valence electrons. The van der Waals surface area contributed by atoms with Crippen LogP contribution in [0.15, 0.2) is 18.2 Å². The lowest BCUT2D eigenvalue weighted by Crippen LogP contribution is -2.45. The first-order valence-corrected chi connectivity index (χ1v) is 7.47. The molecule has 1 N–H and O–H groups in total. The number of nitrogens with zero attached hydrogens (tertiary/aromatic N) is 3. The SMILES string of the molecule is CC1(C(=O)O)CCCN(Cc2ccc3nsnc3c2)C1. The van der Waals surface area contributed by atoms with Gasteiger partial charge in [-0.3, -0.25) is 9.69 Å². The Balaban J connectivity index is 1.75. The first-order valence-electron chi connectivity index (χ1n) is 6.74. The smallest absolute Gasteiger partial charge is 0.310 e. The highest BCUT2D eigenvalue weighted by Gasteiger charge is 2.37. The maximum atomic E-state index is 11.4. The highest BCUT2D eigenvalue weighted by molar-refractivity contribution is 7.00. The summed E-state index contributed by atoms with van der Waals surface area (Å²) in [4.78, 5) is 13.6. The molecule has 0 amide bonds. The third kappa shape index (κ3) is 2.53. The van der Waals surface area contributed by atoms with E-state index in [1.54, 1.807) is 0 Å². The van der Waals surface area contributed by atoms with Crippen LogP contribution in [0.4, 0.5) is 0 Å². The number of carboxylic acids is 1. The van der Waals surface area contributed by atoms with Crippen LogP contribution >= 0.6 is 11.7 Å². The zero-order chi connectivity index (χ0) is 14.2. The van der Waals surface area contributed by atoms with Crippen LogP contribution in [0, 0.1) is 5.41 Å². The average Bonchev–Trinajstić information content (AvgIpc) is 2.86. The lowest BCUT2D eigenvalue weighted by Gasteiger charge is -2.37. The maximum absolute atomic E-state index is 11.4. The predicted molar refractivity (Wildman–Crippen MR) is 77.7 cm³/mol. The number of hydrogen-bond donors (Lipinski definition) is 1. The Morgan fingerprint density at radius 1 is 1.45 bits per heavy atom. The summed E-state index contributed by atoms with van der Waals surface area (Å²) in [5.41, 5.74) is 2.39. The fraction of sp³-hybridized carbons (Fsp3) is 0.500. The predicted octanol–water partition coefficient (Wildman–Crippen LogP) is 2.38. The van der Waals surface area contributed by atoms with Crippen LogP contribution in [0.5, 0.6) is 0 Å². The summed E-state index contributed by atoms with van der Waals surface area (Å²) in [5, 5.41) is 9.35. The van der Waals surface area contributed by atoms with Gasteiger partial charge in [-0.1, -0.05) is 6.07 Å². The zero-order valence-corrected chi connectivity index (χ0v) is 12.2. The monoisotopic (exact) mass is 291 g/mol. The zero-order valence-electron chi connectivity index (χ0n) is 11.4. The van der Waals surface area contributed by atoms with Crippen LogP contribution in [0.2, 0.25) is 0 Å². The Hall–Kier alpha value is -1.53. The molecule has 1 unspecified atom stereocenters. The Morgan fingerprint density at radius 3 is 3.05 bits per heavy atom. The molecule has 20 heavy (non-hydrogen) atoms. The van der Waals surface area contributed by atoms with Gasteiger partial charge in [-0.2, -0.15) is 8.75 Å². The number of hydrogen-bond acceptors (Lipinski definition) is 5. The van der Waals surface area contributed by atoms with E-state index in [9.17, 15) is 9.90 Å². The first-order chi connectivity index (χ1) is 9.57. The molecule has 0 spiro atoms. The van der Waals surface area contributed by atoms with E-state index >= 15 is 0 Å². The van der Waals surface area contributed by atoms with Crippen molar-refractivity contribution in [1.82, 2.24) is 13.6 Å². The molecule has 0 radical (unpaired) electrons. The molecule has 2 aromatic rings. The quantitative estimate of drug-likeness (QED) is 0.940. The molecule has 1 aliphatic heterocycles. The summed E-state index contributed by atoms with van der Waals surface area (Å²) in [6, 6.07) is 6.08. The van der Waals surface area contributed by atoms with Crippen molar-refractivity contribution in [3.05, 3.63) is 23.8 Å². The van der Waals surface area contributed by atoms with Crippen molar-refractivity contribution in [2.75, 3.05) is 13.1 Å². The Morgan fingerprint density at radius 2 is 2.25 bits per heavy atom. The number of aromatic nitrogens is 2. The lowest BCUT2D eigenvalue weighted by atomic mass is 9.82. The molecule has 1 atom stereocenters. The second-order valence-electron chi connectivity index (χ2n) is 5.77. The highest BCUT2D eigenvalue weighted by atomic mass is 32.1. The molecular formula is C14H17N3O2S. The van der Waals surface area contributed by atoms with Gasteiger partial charge >= 0.3 is 5.97 Å². The fourth-order valence-corrected chi connectivity index (χ4v) is 3.36. The molecule has 5 nitrogen and oxygen atoms in total. The van der Waals surface area contributed by atoms with E-state index in [2.05, 4.69) is 19.7 Å². The van der Waals surface area contributed by atoms with E-state index in [0.717, 1.165) is 37.0 Å². The number of benzene rings is 1. The Bertz CT molecular complexity index is 642. The maximum Gasteiger partial charge on any atom is 0.310 e. The topological polar surface area (TPSA) is 66.3 Å². The molecule has 0 aliphatic carbocycles. The molecule has 2 heterocycles. The van der Waals surface area contributed by atoms with Gasteiger partial charge in [0, 0.05) is 13.1 Å². The number of carbonyl (C=O) groups is 1. The third-order valence-corrected chi connectivity index (χ3v) is 4.57. The molecule has 1 aliphatic rings. The summed E-state index contributed by atoms with van der Waals surface area (Å²) >= 11 is 1.22. The molecule has 6 heteroatoms. The summed E-state index contributed by atoms with van der Waals surface area (Å²) in [6.45, 7) is 4.18. The number of likely N-dealkylation sites (tertiary alicyclic amines) is 1. The van der Waals surface area contributed by atoms with E-state index in [-0.39, 0.29) is 0 Å². The van der Waals surface area contributed by atoms with Crippen molar-refractivity contribution in [1.29, 1.82) is 0 Å². The van der Waals surface area contributed by atoms with Crippen molar-refractivity contribution < 1.29 is 9.90 Å². The Labute approximate surface area is 121 Å². The summed E-state index contributed by atoms with van der Waals surface area (Å²) in [6.07, 6.45) is 1.69. The van der Waals surface area contributed by atoms with E-state index in [1.807, 2.05) is 19.1 Å². The minimum absolute atomic E-state index is 0.607. The standard InChI is InChI=1S/C14H17N3O2S/c1-14(13(18)19)5-2-6-17(9-14)8-10-3-4-11-12(7-10)16-20-15-11/h3-4,7H,2,5-6,8-9H2,1H3,(H,18,19). The molecule has 1 aromatic carbocycles. The number of fused-ring (bicyclic) bond motifs is 1. The number of aliphatic carboxylic acids is 1. The number of piperidine rings is 1. The molecule has 1 fully saturated rings. The van der Waals surface area contributed by atoms with Gasteiger partial charge in [0.15, 0.2) is 0 Å². The first kappa shape index (κ1) is 13.5. The van der Waals surface area contributed by atoms with Crippen LogP contribution in [0.1, 0.15) is 25.3 Å². The van der Waals surface area contributed by atoms with Gasteiger partial charge in [-0.05, 0) is 44.0 Å². The fourth-order valence-electron chi connectivity index (χ4n) is 2.84. The van der Waals surface area contributed by atoms with Gasteiger partial charge < -0.3 is 5.11 Å². The molecule has 1 saturated heterocycles. The Kier molecular flexibility index (Phi) is 3.43. The molecular weight excluding hydrogens is 274 g/mol. The van der Waals surface area contributed by atoms with Crippen molar-refractivity contribution in [2.45, 2.75) is 26.3 Å². The van der Waals surface area contributed by atoms with Gasteiger partial charge in [0.25, 0.3) is 0 Å². The van der Waals surface area contributed by atoms with Crippen molar-refractivity contribution in [2.24, 2.45) is 5.41 Å². The van der Waals surface area contributed by atoms with Gasteiger partial charge in [-0.25, -0.2) is 0 Å². The average molecular weight is 291 g/mol. The minimum Gasteiger partial charge on any atom is -0.481 e. The van der Waals surface area contributed by atoms with E-state index in [0.29, 0.717) is 6.54 Å². The lowest BCUT2D eigenvalue weighted by molar-refractivity contribution is -0.151. The highest BCUT2D eigenvalue weighted by Crippen LogP contribution is 2.30. The molecule has 0 bridgehead atoms. The molecule has 3 rings (SSSR count). The van der Waals surface area contributed by atoms with Crippen LogP contribution in [-0.2, 0) is 11.3 Å². The normalized spacial score (nSPS) is 24.1. The summed E-state index contributed by atoms with van der Waals surface area (Å²) in [5.74, 6) is -0.693. The number of rotatable bonds is 3. The van der Waals surface area contributed by atoms with E-state index in [4.69, 9.17) is 0 Å². The van der Waals surface area contributed by atoms with Crippen LogP contribution in [0.25, 0.3) is 11.0 Å². The minimum atomic E-state index is -0.693. The second kappa shape index (κ2) is 5.10. The van der Waals surface area contributed by atoms with Gasteiger partial charge in [-0.15, -0.1) is 0 Å². The molecule has 0 saturated carbocycles. The van der Waals surface area contributed by atoms with Crippen molar-refractivity contribution in [3.8, 4) is 0 Å². The van der Waals surface area contributed by atoms with Crippen LogP contribution in [-0.4, -0.2) is 37.8 Å². The van der Waals surface area contributed by atoms with Crippen molar-refractivity contribution >= 4 is 28.7 Å². The van der Waals surface area contributed by atoms with Crippen LogP contribution < -0.4 is 0 Å². The van der Waals surface area contributed by atoms with E-state index in [1.165, 1.54) is 17.3 Å². The largest absolute Gasteiger partial charge is 0.481 e. The van der Waals surface area contributed by atoms with Gasteiger partial charge in [0.2, 0.25) is 0 Å². The summed E-state index contributed by atoms with van der Waals surface area (Å²) < 4.78 is 8.44. The third-order valence-electron chi connectivity index (χ3n) is 4.02. The van der Waals surface area contributed by atoms with Gasteiger partial charge in [0.1, 0.15) is 11.0 Å².